The lowest BCUT2D eigenvalue weighted by Gasteiger charge is -2.22. The summed E-state index contributed by atoms with van der Waals surface area (Å²) in [7, 11) is 0. The summed E-state index contributed by atoms with van der Waals surface area (Å²) in [5.41, 5.74) is 0.748. The topological polar surface area (TPSA) is 32.7 Å². The second-order valence-corrected chi connectivity index (χ2v) is 5.61. The van der Waals surface area contributed by atoms with Crippen LogP contribution >= 0.6 is 11.6 Å². The molecular weight excluding hydrogens is 298 g/mol. The van der Waals surface area contributed by atoms with E-state index in [1.54, 1.807) is 12.1 Å². The van der Waals surface area contributed by atoms with E-state index in [0.717, 1.165) is 31.6 Å². The highest BCUT2D eigenvalue weighted by atomic mass is 35.5. The SMILES string of the molecule is C=CCN(CC=C)CCC(O)c1cc(Cl)ccc1OCCC. The van der Waals surface area contributed by atoms with Crippen molar-refractivity contribution in [2.24, 2.45) is 0 Å². The van der Waals surface area contributed by atoms with Crippen LogP contribution in [0.4, 0.5) is 0 Å². The zero-order chi connectivity index (χ0) is 16.4. The van der Waals surface area contributed by atoms with Gasteiger partial charge in [0.05, 0.1) is 12.7 Å². The molecule has 0 fully saturated rings. The first-order valence-electron chi connectivity index (χ1n) is 7.66. The lowest BCUT2D eigenvalue weighted by atomic mass is 10.0. The number of halogens is 1. The molecule has 0 spiro atoms. The molecule has 1 aromatic rings. The number of aliphatic hydroxyl groups is 1. The van der Waals surface area contributed by atoms with Gasteiger partial charge >= 0.3 is 0 Å². The van der Waals surface area contributed by atoms with E-state index in [2.05, 4.69) is 25.0 Å². The first-order chi connectivity index (χ1) is 10.6. The second kappa shape index (κ2) is 10.4. The Morgan fingerprint density at radius 3 is 2.59 bits per heavy atom. The van der Waals surface area contributed by atoms with Crippen LogP contribution in [0.1, 0.15) is 31.4 Å². The van der Waals surface area contributed by atoms with E-state index in [1.807, 2.05) is 18.2 Å². The van der Waals surface area contributed by atoms with Gasteiger partial charge in [0.15, 0.2) is 0 Å². The maximum absolute atomic E-state index is 10.5. The third kappa shape index (κ3) is 6.22. The Morgan fingerprint density at radius 2 is 2.00 bits per heavy atom. The molecule has 1 atom stereocenters. The fourth-order valence-electron chi connectivity index (χ4n) is 2.21. The Morgan fingerprint density at radius 1 is 1.32 bits per heavy atom. The molecule has 22 heavy (non-hydrogen) atoms. The normalized spacial score (nSPS) is 12.2. The molecule has 0 saturated carbocycles. The molecule has 1 rings (SSSR count). The number of ether oxygens (including phenoxy) is 1. The number of benzene rings is 1. The van der Waals surface area contributed by atoms with Gasteiger partial charge in [-0.1, -0.05) is 30.7 Å². The van der Waals surface area contributed by atoms with Gasteiger partial charge in [-0.25, -0.2) is 0 Å². The van der Waals surface area contributed by atoms with E-state index < -0.39 is 6.10 Å². The summed E-state index contributed by atoms with van der Waals surface area (Å²) in [6, 6.07) is 5.38. The van der Waals surface area contributed by atoms with E-state index in [1.165, 1.54) is 0 Å². The molecule has 0 amide bonds. The van der Waals surface area contributed by atoms with Crippen LogP contribution in [-0.2, 0) is 0 Å². The molecule has 0 aliphatic heterocycles. The molecule has 1 N–H and O–H groups in total. The molecule has 0 heterocycles. The van der Waals surface area contributed by atoms with E-state index in [9.17, 15) is 5.11 Å². The summed E-state index contributed by atoms with van der Waals surface area (Å²) in [4.78, 5) is 2.17. The number of aliphatic hydroxyl groups excluding tert-OH is 1. The fraction of sp³-hybridized carbons (Fsp3) is 0.444. The maximum Gasteiger partial charge on any atom is 0.125 e. The smallest absolute Gasteiger partial charge is 0.125 e. The summed E-state index contributed by atoms with van der Waals surface area (Å²) < 4.78 is 5.70. The summed E-state index contributed by atoms with van der Waals surface area (Å²) in [5, 5.41) is 11.1. The van der Waals surface area contributed by atoms with E-state index in [4.69, 9.17) is 16.3 Å². The summed E-state index contributed by atoms with van der Waals surface area (Å²) in [5.74, 6) is 0.706. The zero-order valence-electron chi connectivity index (χ0n) is 13.3. The Hall–Kier alpha value is -1.29. The summed E-state index contributed by atoms with van der Waals surface area (Å²) in [6.45, 7) is 12.5. The second-order valence-electron chi connectivity index (χ2n) is 5.17. The van der Waals surface area contributed by atoms with Crippen LogP contribution in [0.25, 0.3) is 0 Å². The number of rotatable bonds is 11. The van der Waals surface area contributed by atoms with Crippen molar-refractivity contribution in [3.8, 4) is 5.75 Å². The number of nitrogens with zero attached hydrogens (tertiary/aromatic N) is 1. The van der Waals surface area contributed by atoms with E-state index >= 15 is 0 Å². The van der Waals surface area contributed by atoms with Gasteiger partial charge in [0.25, 0.3) is 0 Å². The standard InChI is InChI=1S/C18H26ClNO2/c1-4-10-20(11-5-2)12-9-17(21)16-14-15(19)7-8-18(16)22-13-6-3/h4-5,7-8,14,17,21H,1-2,6,9-13H2,3H3. The zero-order valence-corrected chi connectivity index (χ0v) is 14.1. The van der Waals surface area contributed by atoms with Crippen molar-refractivity contribution in [2.45, 2.75) is 25.9 Å². The number of hydrogen-bond acceptors (Lipinski definition) is 3. The van der Waals surface area contributed by atoms with Gasteiger partial charge in [-0.05, 0) is 31.0 Å². The molecule has 1 unspecified atom stereocenters. The lowest BCUT2D eigenvalue weighted by molar-refractivity contribution is 0.144. The minimum absolute atomic E-state index is 0.602. The highest BCUT2D eigenvalue weighted by Crippen LogP contribution is 2.30. The quantitative estimate of drug-likeness (QED) is 0.619. The van der Waals surface area contributed by atoms with Crippen LogP contribution in [0.5, 0.6) is 5.75 Å². The largest absolute Gasteiger partial charge is 0.493 e. The molecule has 3 nitrogen and oxygen atoms in total. The molecule has 0 radical (unpaired) electrons. The van der Waals surface area contributed by atoms with Crippen LogP contribution in [0.3, 0.4) is 0 Å². The molecule has 0 aliphatic rings. The Labute approximate surface area is 138 Å². The van der Waals surface area contributed by atoms with Gasteiger partial charge in [0, 0.05) is 30.2 Å². The average Bonchev–Trinajstić information content (AvgIpc) is 2.51. The first kappa shape index (κ1) is 18.8. The van der Waals surface area contributed by atoms with Crippen molar-refractivity contribution >= 4 is 11.6 Å². The van der Waals surface area contributed by atoms with Gasteiger partial charge in [0.2, 0.25) is 0 Å². The summed E-state index contributed by atoms with van der Waals surface area (Å²) in [6.07, 6.45) is 4.62. The predicted octanol–water partition coefficient (Wildman–Crippen LogP) is 4.23. The van der Waals surface area contributed by atoms with Crippen LogP contribution < -0.4 is 4.74 Å². The highest BCUT2D eigenvalue weighted by molar-refractivity contribution is 6.30. The molecule has 0 aromatic heterocycles. The van der Waals surface area contributed by atoms with Crippen LogP contribution in [0.15, 0.2) is 43.5 Å². The maximum atomic E-state index is 10.5. The number of hydrogen-bond donors (Lipinski definition) is 1. The Bertz CT molecular complexity index is 466. The molecule has 0 saturated heterocycles. The van der Waals surface area contributed by atoms with Crippen molar-refractivity contribution in [1.82, 2.24) is 4.90 Å². The van der Waals surface area contributed by atoms with Crippen molar-refractivity contribution in [3.63, 3.8) is 0 Å². The van der Waals surface area contributed by atoms with E-state index in [0.29, 0.717) is 23.8 Å². The van der Waals surface area contributed by atoms with Crippen LogP contribution in [0.2, 0.25) is 5.02 Å². The minimum atomic E-state index is -0.609. The van der Waals surface area contributed by atoms with Crippen molar-refractivity contribution in [2.75, 3.05) is 26.2 Å². The van der Waals surface area contributed by atoms with Crippen molar-refractivity contribution in [3.05, 3.63) is 54.1 Å². The van der Waals surface area contributed by atoms with Crippen molar-refractivity contribution < 1.29 is 9.84 Å². The lowest BCUT2D eigenvalue weighted by Crippen LogP contribution is -2.26. The van der Waals surface area contributed by atoms with Gasteiger partial charge in [-0.15, -0.1) is 13.2 Å². The monoisotopic (exact) mass is 323 g/mol. The average molecular weight is 324 g/mol. The third-order valence-electron chi connectivity index (χ3n) is 3.29. The van der Waals surface area contributed by atoms with Crippen LogP contribution in [-0.4, -0.2) is 36.2 Å². The van der Waals surface area contributed by atoms with Gasteiger partial charge in [0.1, 0.15) is 5.75 Å². The summed E-state index contributed by atoms with van der Waals surface area (Å²) >= 11 is 6.05. The molecule has 1 aromatic carbocycles. The van der Waals surface area contributed by atoms with Gasteiger partial charge < -0.3 is 9.84 Å². The molecule has 0 bridgehead atoms. The van der Waals surface area contributed by atoms with Crippen molar-refractivity contribution in [1.29, 1.82) is 0 Å². The molecule has 4 heteroatoms. The predicted molar refractivity (Wildman–Crippen MR) is 93.6 cm³/mol. The van der Waals surface area contributed by atoms with Crippen LogP contribution in [0, 0.1) is 0 Å². The third-order valence-corrected chi connectivity index (χ3v) is 3.52. The van der Waals surface area contributed by atoms with Gasteiger partial charge in [-0.2, -0.15) is 0 Å². The molecular formula is C18H26ClNO2. The Kier molecular flexibility index (Phi) is 8.90. The highest BCUT2D eigenvalue weighted by Gasteiger charge is 2.15. The first-order valence-corrected chi connectivity index (χ1v) is 8.04. The molecule has 0 aliphatic carbocycles. The van der Waals surface area contributed by atoms with E-state index in [-0.39, 0.29) is 0 Å². The van der Waals surface area contributed by atoms with Gasteiger partial charge in [-0.3, -0.25) is 4.90 Å². The molecule has 122 valence electrons. The fourth-order valence-corrected chi connectivity index (χ4v) is 2.39. The Balaban J connectivity index is 2.73. The minimum Gasteiger partial charge on any atom is -0.493 e.